The first-order valence-electron chi connectivity index (χ1n) is 5.23. The second-order valence-electron chi connectivity index (χ2n) is 3.96. The largest absolute Gasteiger partial charge is 0.447 e. The average Bonchev–Trinajstić information content (AvgIpc) is 2.16. The highest BCUT2D eigenvalue weighted by atomic mass is 16.6. The summed E-state index contributed by atoms with van der Waals surface area (Å²) in [5.41, 5.74) is 0. The maximum atomic E-state index is 11.6. The molecule has 1 amide bonds. The molecule has 1 unspecified atom stereocenters. The number of hydrogen-bond donors (Lipinski definition) is 1. The Kier molecular flexibility index (Phi) is 4.20. The maximum Gasteiger partial charge on any atom is 0.410 e. The Morgan fingerprint density at radius 2 is 2.29 bits per heavy atom. The molecule has 4 heteroatoms. The monoisotopic (exact) mass is 201 g/mol. The van der Waals surface area contributed by atoms with E-state index >= 15 is 0 Å². The molecule has 0 aromatic heterocycles. The number of carbonyl (C=O) groups excluding carboxylic acids is 1. The fourth-order valence-corrected chi connectivity index (χ4v) is 1.70. The molecule has 1 N–H and O–H groups in total. The van der Waals surface area contributed by atoms with E-state index < -0.39 is 0 Å². The molecule has 0 saturated carbocycles. The molecule has 1 atom stereocenters. The van der Waals surface area contributed by atoms with E-state index in [9.17, 15) is 4.79 Å². The number of amides is 1. The molecule has 0 radical (unpaired) electrons. The second-order valence-corrected chi connectivity index (χ2v) is 3.96. The predicted octanol–water partition coefficient (Wildman–Crippen LogP) is 1.38. The molecule has 0 spiro atoms. The van der Waals surface area contributed by atoms with Gasteiger partial charge in [-0.25, -0.2) is 4.79 Å². The van der Waals surface area contributed by atoms with Gasteiger partial charge < -0.3 is 14.7 Å². The van der Waals surface area contributed by atoms with Crippen LogP contribution in [0.4, 0.5) is 4.79 Å². The van der Waals surface area contributed by atoms with Crippen molar-refractivity contribution in [1.29, 1.82) is 0 Å². The van der Waals surface area contributed by atoms with Gasteiger partial charge in [0.05, 0.1) is 18.8 Å². The second kappa shape index (κ2) is 5.20. The van der Waals surface area contributed by atoms with Crippen LogP contribution in [-0.2, 0) is 4.74 Å². The topological polar surface area (TPSA) is 49.8 Å². The zero-order valence-corrected chi connectivity index (χ0v) is 8.90. The number of carbonyl (C=O) groups is 1. The molecular formula is C10H19NO3. The van der Waals surface area contributed by atoms with Gasteiger partial charge in [0.2, 0.25) is 0 Å². The van der Waals surface area contributed by atoms with Gasteiger partial charge in [-0.15, -0.1) is 0 Å². The minimum Gasteiger partial charge on any atom is -0.447 e. The quantitative estimate of drug-likeness (QED) is 0.734. The van der Waals surface area contributed by atoms with Gasteiger partial charge in [0.15, 0.2) is 0 Å². The standard InChI is InChI=1S/C10H19NO3/c1-8(2)14-10(13)11-6-4-3-5-9(11)7-12/h8-9,12H,3-7H2,1-2H3. The maximum absolute atomic E-state index is 11.6. The SMILES string of the molecule is CC(C)OC(=O)N1CCCCC1CO. The van der Waals surface area contributed by atoms with Crippen LogP contribution in [0.1, 0.15) is 33.1 Å². The molecule has 14 heavy (non-hydrogen) atoms. The molecule has 1 saturated heterocycles. The lowest BCUT2D eigenvalue weighted by molar-refractivity contribution is 0.0381. The van der Waals surface area contributed by atoms with E-state index in [4.69, 9.17) is 9.84 Å². The molecule has 1 rings (SSSR count). The van der Waals surface area contributed by atoms with Gasteiger partial charge in [-0.2, -0.15) is 0 Å². The molecule has 0 bridgehead atoms. The Hall–Kier alpha value is -0.770. The van der Waals surface area contributed by atoms with E-state index in [-0.39, 0.29) is 24.8 Å². The van der Waals surface area contributed by atoms with Crippen LogP contribution in [0, 0.1) is 0 Å². The third-order valence-electron chi connectivity index (χ3n) is 2.41. The summed E-state index contributed by atoms with van der Waals surface area (Å²) in [6.45, 7) is 4.40. The van der Waals surface area contributed by atoms with Gasteiger partial charge in [-0.05, 0) is 33.1 Å². The van der Waals surface area contributed by atoms with E-state index in [1.54, 1.807) is 4.90 Å². The average molecular weight is 201 g/mol. The van der Waals surface area contributed by atoms with Crippen LogP contribution in [0.25, 0.3) is 0 Å². The molecule has 1 fully saturated rings. The Bertz CT molecular complexity index is 194. The van der Waals surface area contributed by atoms with Crippen molar-refractivity contribution in [2.75, 3.05) is 13.2 Å². The fourth-order valence-electron chi connectivity index (χ4n) is 1.70. The summed E-state index contributed by atoms with van der Waals surface area (Å²) in [6.07, 6.45) is 2.58. The number of likely N-dealkylation sites (tertiary alicyclic amines) is 1. The van der Waals surface area contributed by atoms with E-state index in [0.29, 0.717) is 6.54 Å². The molecular weight excluding hydrogens is 182 g/mol. The van der Waals surface area contributed by atoms with Gasteiger partial charge in [-0.1, -0.05) is 0 Å². The zero-order valence-electron chi connectivity index (χ0n) is 8.90. The Labute approximate surface area is 84.8 Å². The summed E-state index contributed by atoms with van der Waals surface area (Å²) in [4.78, 5) is 13.2. The lowest BCUT2D eigenvalue weighted by Crippen LogP contribution is -2.46. The van der Waals surface area contributed by atoms with Crippen molar-refractivity contribution in [2.24, 2.45) is 0 Å². The summed E-state index contributed by atoms with van der Waals surface area (Å²) in [6, 6.07) is -0.0463. The first kappa shape index (κ1) is 11.3. The highest BCUT2D eigenvalue weighted by Crippen LogP contribution is 2.17. The van der Waals surface area contributed by atoms with E-state index in [0.717, 1.165) is 19.3 Å². The van der Waals surface area contributed by atoms with Crippen LogP contribution in [0.3, 0.4) is 0 Å². The molecule has 82 valence electrons. The van der Waals surface area contributed by atoms with Crippen LogP contribution in [0.5, 0.6) is 0 Å². The molecule has 1 aliphatic heterocycles. The summed E-state index contributed by atoms with van der Waals surface area (Å²) >= 11 is 0. The van der Waals surface area contributed by atoms with E-state index in [1.807, 2.05) is 13.8 Å². The molecule has 0 aromatic carbocycles. The van der Waals surface area contributed by atoms with E-state index in [1.165, 1.54) is 0 Å². The van der Waals surface area contributed by atoms with Gasteiger partial charge >= 0.3 is 6.09 Å². The van der Waals surface area contributed by atoms with Crippen molar-refractivity contribution < 1.29 is 14.6 Å². The Morgan fingerprint density at radius 1 is 1.57 bits per heavy atom. The highest BCUT2D eigenvalue weighted by molar-refractivity contribution is 5.68. The number of piperidine rings is 1. The number of rotatable bonds is 2. The molecule has 4 nitrogen and oxygen atoms in total. The van der Waals surface area contributed by atoms with Crippen molar-refractivity contribution in [1.82, 2.24) is 4.90 Å². The summed E-state index contributed by atoms with van der Waals surface area (Å²) in [5.74, 6) is 0. The number of nitrogens with zero attached hydrogens (tertiary/aromatic N) is 1. The first-order valence-corrected chi connectivity index (χ1v) is 5.23. The third-order valence-corrected chi connectivity index (χ3v) is 2.41. The minimum absolute atomic E-state index is 0.0349. The fraction of sp³-hybridized carbons (Fsp3) is 0.900. The first-order chi connectivity index (χ1) is 6.65. The summed E-state index contributed by atoms with van der Waals surface area (Å²) < 4.78 is 5.10. The van der Waals surface area contributed by atoms with Crippen LogP contribution >= 0.6 is 0 Å². The smallest absolute Gasteiger partial charge is 0.410 e. The van der Waals surface area contributed by atoms with E-state index in [2.05, 4.69) is 0 Å². The number of aliphatic hydroxyl groups is 1. The molecule has 1 aliphatic rings. The van der Waals surface area contributed by atoms with Crippen LogP contribution in [0.15, 0.2) is 0 Å². The normalized spacial score (nSPS) is 22.6. The van der Waals surface area contributed by atoms with Crippen LogP contribution in [-0.4, -0.2) is 41.4 Å². The van der Waals surface area contributed by atoms with Gasteiger partial charge in [0.25, 0.3) is 0 Å². The highest BCUT2D eigenvalue weighted by Gasteiger charge is 2.27. The lowest BCUT2D eigenvalue weighted by atomic mass is 10.0. The predicted molar refractivity (Wildman–Crippen MR) is 53.0 cm³/mol. The van der Waals surface area contributed by atoms with Crippen molar-refractivity contribution >= 4 is 6.09 Å². The van der Waals surface area contributed by atoms with Gasteiger partial charge in [0.1, 0.15) is 0 Å². The van der Waals surface area contributed by atoms with Crippen molar-refractivity contribution in [2.45, 2.75) is 45.3 Å². The molecule has 0 aromatic rings. The zero-order chi connectivity index (χ0) is 10.6. The number of aliphatic hydroxyl groups excluding tert-OH is 1. The number of ether oxygens (including phenoxy) is 1. The van der Waals surface area contributed by atoms with Crippen molar-refractivity contribution in [3.63, 3.8) is 0 Å². The van der Waals surface area contributed by atoms with Crippen molar-refractivity contribution in [3.05, 3.63) is 0 Å². The van der Waals surface area contributed by atoms with Gasteiger partial charge in [0, 0.05) is 6.54 Å². The Morgan fingerprint density at radius 3 is 2.86 bits per heavy atom. The van der Waals surface area contributed by atoms with Crippen LogP contribution < -0.4 is 0 Å². The Balaban J connectivity index is 2.50. The number of hydrogen-bond acceptors (Lipinski definition) is 3. The molecule has 0 aliphatic carbocycles. The summed E-state index contributed by atoms with van der Waals surface area (Å²) in [7, 11) is 0. The summed E-state index contributed by atoms with van der Waals surface area (Å²) in [5, 5.41) is 9.10. The van der Waals surface area contributed by atoms with Gasteiger partial charge in [-0.3, -0.25) is 0 Å². The minimum atomic E-state index is -0.293. The van der Waals surface area contributed by atoms with Crippen LogP contribution in [0.2, 0.25) is 0 Å². The molecule has 1 heterocycles. The lowest BCUT2D eigenvalue weighted by Gasteiger charge is -2.34. The van der Waals surface area contributed by atoms with Crippen molar-refractivity contribution in [3.8, 4) is 0 Å². The third kappa shape index (κ3) is 2.87.